The molecule has 170 valence electrons. The summed E-state index contributed by atoms with van der Waals surface area (Å²) in [5.74, 6) is -1.13. The molecule has 2 heterocycles. The van der Waals surface area contributed by atoms with Gasteiger partial charge in [-0.05, 0) is 43.3 Å². The van der Waals surface area contributed by atoms with E-state index < -0.39 is 11.9 Å². The summed E-state index contributed by atoms with van der Waals surface area (Å²) in [5.41, 5.74) is 2.03. The summed E-state index contributed by atoms with van der Waals surface area (Å²) in [5, 5.41) is 1.13. The van der Waals surface area contributed by atoms with Crippen molar-refractivity contribution in [1.29, 1.82) is 0 Å². The molecule has 1 fully saturated rings. The molecular formula is C24H21ClN2O5S. The molecular weight excluding hydrogens is 464 g/mol. The Morgan fingerprint density at radius 2 is 1.97 bits per heavy atom. The van der Waals surface area contributed by atoms with Crippen molar-refractivity contribution in [3.63, 3.8) is 0 Å². The molecule has 1 aromatic heterocycles. The van der Waals surface area contributed by atoms with Gasteiger partial charge >= 0.3 is 5.97 Å². The van der Waals surface area contributed by atoms with Gasteiger partial charge in [0, 0.05) is 34.0 Å². The maximum atomic E-state index is 12.6. The van der Waals surface area contributed by atoms with Crippen LogP contribution in [0.2, 0.25) is 5.02 Å². The molecule has 0 spiro atoms. The number of methoxy groups -OCH3 is 1. The van der Waals surface area contributed by atoms with Crippen LogP contribution >= 0.6 is 22.9 Å². The predicted octanol–water partition coefficient (Wildman–Crippen LogP) is 4.56. The Hall–Kier alpha value is -3.23. The first kappa shape index (κ1) is 22.9. The van der Waals surface area contributed by atoms with Gasteiger partial charge in [-0.1, -0.05) is 23.7 Å². The summed E-state index contributed by atoms with van der Waals surface area (Å²) in [6, 6.07) is 13.9. The van der Waals surface area contributed by atoms with Crippen molar-refractivity contribution < 1.29 is 23.9 Å². The summed E-state index contributed by atoms with van der Waals surface area (Å²) in [6.45, 7) is 1.70. The molecule has 1 amide bonds. The van der Waals surface area contributed by atoms with Crippen molar-refractivity contribution in [3.05, 3.63) is 64.0 Å². The number of anilines is 1. The molecule has 9 heteroatoms. The number of ketones is 1. The maximum absolute atomic E-state index is 12.6. The number of esters is 1. The molecule has 4 rings (SSSR count). The summed E-state index contributed by atoms with van der Waals surface area (Å²) in [7, 11) is 1.54. The molecule has 0 bridgehead atoms. The fraction of sp³-hybridized carbons (Fsp3) is 0.250. The lowest BCUT2D eigenvalue weighted by atomic mass is 10.1. The van der Waals surface area contributed by atoms with Crippen LogP contribution < -0.4 is 9.64 Å². The van der Waals surface area contributed by atoms with Crippen molar-refractivity contribution in [2.45, 2.75) is 13.3 Å². The number of hydrogen-bond donors (Lipinski definition) is 0. The molecule has 1 aliphatic rings. The SMILES string of the molecule is COc1ccc(C(=O)COC(=O)[C@@H]2CC(=O)N(c3nc(-c4cccc(Cl)c4)c(C)s3)C2)cc1. The van der Waals surface area contributed by atoms with E-state index in [9.17, 15) is 14.4 Å². The smallest absolute Gasteiger partial charge is 0.311 e. The van der Waals surface area contributed by atoms with E-state index >= 15 is 0 Å². The molecule has 0 saturated carbocycles. The third-order valence-corrected chi connectivity index (χ3v) is 6.56. The highest BCUT2D eigenvalue weighted by Crippen LogP contribution is 2.36. The standard InChI is InChI=1S/C24H21ClN2O5S/c1-14-22(16-4-3-5-18(25)10-16)26-24(33-14)27-12-17(11-21(27)29)23(30)32-13-20(28)15-6-8-19(31-2)9-7-15/h3-10,17H,11-13H2,1-2H3/t17-/m1/s1. The number of ether oxygens (including phenoxy) is 2. The molecule has 1 atom stereocenters. The van der Waals surface area contributed by atoms with Gasteiger partial charge in [-0.25, -0.2) is 4.98 Å². The van der Waals surface area contributed by atoms with Crippen LogP contribution in [0.25, 0.3) is 11.3 Å². The highest BCUT2D eigenvalue weighted by atomic mass is 35.5. The van der Waals surface area contributed by atoms with E-state index in [1.54, 1.807) is 30.3 Å². The van der Waals surface area contributed by atoms with E-state index in [2.05, 4.69) is 4.98 Å². The van der Waals surface area contributed by atoms with Crippen LogP contribution in [0.5, 0.6) is 5.75 Å². The normalized spacial score (nSPS) is 15.5. The Kier molecular flexibility index (Phi) is 6.76. The van der Waals surface area contributed by atoms with Gasteiger partial charge in [0.2, 0.25) is 5.91 Å². The summed E-state index contributed by atoms with van der Waals surface area (Å²) < 4.78 is 10.3. The van der Waals surface area contributed by atoms with Crippen molar-refractivity contribution in [2.75, 3.05) is 25.2 Å². The molecule has 0 unspecified atom stereocenters. The van der Waals surface area contributed by atoms with Crippen LogP contribution in [0.1, 0.15) is 21.7 Å². The molecule has 3 aromatic rings. The van der Waals surface area contributed by atoms with Gasteiger partial charge in [0.1, 0.15) is 5.75 Å². The van der Waals surface area contributed by atoms with Crippen LogP contribution in [0.15, 0.2) is 48.5 Å². The van der Waals surface area contributed by atoms with E-state index in [1.807, 2.05) is 25.1 Å². The van der Waals surface area contributed by atoms with Crippen LogP contribution in [0.4, 0.5) is 5.13 Å². The molecule has 0 radical (unpaired) electrons. The molecule has 7 nitrogen and oxygen atoms in total. The Balaban J connectivity index is 1.39. The molecule has 2 aromatic carbocycles. The van der Waals surface area contributed by atoms with Crippen molar-refractivity contribution in [2.24, 2.45) is 5.92 Å². The number of carbonyl (C=O) groups excluding carboxylic acids is 3. The first-order valence-electron chi connectivity index (χ1n) is 10.2. The number of Topliss-reactive ketones (excluding diaryl/α,β-unsaturated/α-hetero) is 1. The number of hydrogen-bond acceptors (Lipinski definition) is 7. The zero-order valence-electron chi connectivity index (χ0n) is 18.0. The first-order chi connectivity index (χ1) is 15.9. The van der Waals surface area contributed by atoms with Gasteiger partial charge in [0.25, 0.3) is 0 Å². The minimum absolute atomic E-state index is 0.0146. The quantitative estimate of drug-likeness (QED) is 0.361. The number of amides is 1. The van der Waals surface area contributed by atoms with Gasteiger partial charge < -0.3 is 9.47 Å². The molecule has 1 aliphatic heterocycles. The van der Waals surface area contributed by atoms with Gasteiger partial charge in [0.15, 0.2) is 17.5 Å². The van der Waals surface area contributed by atoms with Gasteiger partial charge in [-0.3, -0.25) is 19.3 Å². The van der Waals surface area contributed by atoms with Crippen molar-refractivity contribution in [3.8, 4) is 17.0 Å². The molecule has 0 N–H and O–H groups in total. The summed E-state index contributed by atoms with van der Waals surface area (Å²) in [6.07, 6.45) is 0.0146. The number of halogens is 1. The Labute approximate surface area is 199 Å². The van der Waals surface area contributed by atoms with Crippen LogP contribution in [0.3, 0.4) is 0 Å². The third-order valence-electron chi connectivity index (χ3n) is 5.33. The largest absolute Gasteiger partial charge is 0.497 e. The van der Waals surface area contributed by atoms with Gasteiger partial charge in [-0.2, -0.15) is 0 Å². The monoisotopic (exact) mass is 484 g/mol. The topological polar surface area (TPSA) is 85.8 Å². The minimum atomic E-state index is -0.653. The Morgan fingerprint density at radius 3 is 2.67 bits per heavy atom. The van der Waals surface area contributed by atoms with E-state index in [0.717, 1.165) is 16.1 Å². The highest BCUT2D eigenvalue weighted by Gasteiger charge is 2.38. The van der Waals surface area contributed by atoms with E-state index in [-0.39, 0.29) is 31.3 Å². The zero-order valence-corrected chi connectivity index (χ0v) is 19.6. The lowest BCUT2D eigenvalue weighted by Gasteiger charge is -2.13. The van der Waals surface area contributed by atoms with Crippen molar-refractivity contribution >= 4 is 45.7 Å². The fourth-order valence-corrected chi connectivity index (χ4v) is 4.71. The van der Waals surface area contributed by atoms with E-state index in [4.69, 9.17) is 21.1 Å². The molecule has 1 saturated heterocycles. The zero-order chi connectivity index (χ0) is 23.5. The third kappa shape index (κ3) is 5.07. The van der Waals surface area contributed by atoms with E-state index in [0.29, 0.717) is 21.5 Å². The number of aryl methyl sites for hydroxylation is 1. The number of aromatic nitrogens is 1. The highest BCUT2D eigenvalue weighted by molar-refractivity contribution is 7.16. The number of carbonyl (C=O) groups is 3. The number of benzene rings is 2. The second-order valence-electron chi connectivity index (χ2n) is 7.58. The van der Waals surface area contributed by atoms with E-state index in [1.165, 1.54) is 23.3 Å². The second kappa shape index (κ2) is 9.72. The fourth-order valence-electron chi connectivity index (χ4n) is 3.57. The van der Waals surface area contributed by atoms with Crippen LogP contribution in [-0.4, -0.2) is 42.9 Å². The first-order valence-corrected chi connectivity index (χ1v) is 11.4. The molecule has 0 aliphatic carbocycles. The molecule has 33 heavy (non-hydrogen) atoms. The van der Waals surface area contributed by atoms with Gasteiger partial charge in [0.05, 0.1) is 18.7 Å². The second-order valence-corrected chi connectivity index (χ2v) is 9.19. The summed E-state index contributed by atoms with van der Waals surface area (Å²) >= 11 is 7.48. The Bertz CT molecular complexity index is 1210. The summed E-state index contributed by atoms with van der Waals surface area (Å²) in [4.78, 5) is 44.5. The lowest BCUT2D eigenvalue weighted by molar-refractivity contribution is -0.147. The average molecular weight is 485 g/mol. The van der Waals surface area contributed by atoms with Gasteiger partial charge in [-0.15, -0.1) is 11.3 Å². The number of thiazole rings is 1. The van der Waals surface area contributed by atoms with Crippen molar-refractivity contribution in [1.82, 2.24) is 4.98 Å². The Morgan fingerprint density at radius 1 is 1.21 bits per heavy atom. The van der Waals surface area contributed by atoms with Crippen LogP contribution in [-0.2, 0) is 14.3 Å². The minimum Gasteiger partial charge on any atom is -0.497 e. The average Bonchev–Trinajstić information content (AvgIpc) is 3.39. The number of rotatable bonds is 7. The number of nitrogens with zero attached hydrogens (tertiary/aromatic N) is 2. The maximum Gasteiger partial charge on any atom is 0.311 e. The predicted molar refractivity (Wildman–Crippen MR) is 126 cm³/mol. The van der Waals surface area contributed by atoms with Crippen LogP contribution in [0, 0.1) is 12.8 Å². The lowest BCUT2D eigenvalue weighted by Crippen LogP contribution is -2.27.